The second-order valence-electron chi connectivity index (χ2n) is 5.64. The lowest BCUT2D eigenvalue weighted by molar-refractivity contribution is -0.123. The predicted molar refractivity (Wildman–Crippen MR) is 93.4 cm³/mol. The molecule has 0 saturated carbocycles. The summed E-state index contributed by atoms with van der Waals surface area (Å²) < 4.78 is 69.4. The SMILES string of the molecule is COc1ccc(C(=O)NCC(F)(F)F)cc1S(=O)(=O)Nc1ccc(C)cc1. The van der Waals surface area contributed by atoms with Gasteiger partial charge in [0.1, 0.15) is 17.2 Å². The first-order chi connectivity index (χ1) is 12.5. The summed E-state index contributed by atoms with van der Waals surface area (Å²) in [6.45, 7) is 0.311. The highest BCUT2D eigenvalue weighted by molar-refractivity contribution is 7.92. The van der Waals surface area contributed by atoms with E-state index in [0.717, 1.165) is 11.6 Å². The number of methoxy groups -OCH3 is 1. The molecule has 0 radical (unpaired) electrons. The molecule has 0 aliphatic carbocycles. The minimum Gasteiger partial charge on any atom is -0.495 e. The van der Waals surface area contributed by atoms with Crippen molar-refractivity contribution >= 4 is 21.6 Å². The number of anilines is 1. The van der Waals surface area contributed by atoms with Crippen LogP contribution in [0.4, 0.5) is 18.9 Å². The third-order valence-electron chi connectivity index (χ3n) is 3.47. The molecule has 6 nitrogen and oxygen atoms in total. The van der Waals surface area contributed by atoms with Crippen LogP contribution in [0.25, 0.3) is 0 Å². The zero-order valence-electron chi connectivity index (χ0n) is 14.4. The molecule has 0 heterocycles. The van der Waals surface area contributed by atoms with Crippen molar-refractivity contribution in [1.82, 2.24) is 5.32 Å². The quantitative estimate of drug-likeness (QED) is 0.778. The highest BCUT2D eigenvalue weighted by Crippen LogP contribution is 2.27. The van der Waals surface area contributed by atoms with E-state index < -0.39 is 28.7 Å². The van der Waals surface area contributed by atoms with Gasteiger partial charge in [0, 0.05) is 11.3 Å². The van der Waals surface area contributed by atoms with Crippen LogP contribution in [0, 0.1) is 6.92 Å². The minimum absolute atomic E-state index is 0.0537. The van der Waals surface area contributed by atoms with Crippen LogP contribution in [-0.2, 0) is 10.0 Å². The second-order valence-corrected chi connectivity index (χ2v) is 7.29. The van der Waals surface area contributed by atoms with Crippen molar-refractivity contribution in [3.8, 4) is 5.75 Å². The highest BCUT2D eigenvalue weighted by atomic mass is 32.2. The summed E-state index contributed by atoms with van der Waals surface area (Å²) in [4.78, 5) is 11.5. The summed E-state index contributed by atoms with van der Waals surface area (Å²) >= 11 is 0. The van der Waals surface area contributed by atoms with Crippen LogP contribution in [0.3, 0.4) is 0 Å². The van der Waals surface area contributed by atoms with Gasteiger partial charge in [0.25, 0.3) is 15.9 Å². The van der Waals surface area contributed by atoms with Crippen molar-refractivity contribution in [1.29, 1.82) is 0 Å². The van der Waals surface area contributed by atoms with E-state index in [0.29, 0.717) is 0 Å². The van der Waals surface area contributed by atoms with Gasteiger partial charge in [-0.15, -0.1) is 0 Å². The molecule has 2 aromatic rings. The van der Waals surface area contributed by atoms with E-state index in [9.17, 15) is 26.4 Å². The lowest BCUT2D eigenvalue weighted by atomic mass is 10.2. The number of ether oxygens (including phenoxy) is 1. The first-order valence-corrected chi connectivity index (χ1v) is 9.12. The molecule has 0 aromatic heterocycles. The number of rotatable bonds is 6. The van der Waals surface area contributed by atoms with Gasteiger partial charge in [0.05, 0.1) is 7.11 Å². The summed E-state index contributed by atoms with van der Waals surface area (Å²) in [7, 11) is -2.91. The van der Waals surface area contributed by atoms with Gasteiger partial charge in [-0.2, -0.15) is 13.2 Å². The summed E-state index contributed by atoms with van der Waals surface area (Å²) in [5, 5.41) is 1.69. The zero-order valence-corrected chi connectivity index (χ0v) is 15.2. The van der Waals surface area contributed by atoms with Gasteiger partial charge >= 0.3 is 6.18 Å². The molecule has 0 bridgehead atoms. The molecule has 2 rings (SSSR count). The Balaban J connectivity index is 2.33. The van der Waals surface area contributed by atoms with Crippen LogP contribution in [0.1, 0.15) is 15.9 Å². The molecular formula is C17H17F3N2O4S. The average molecular weight is 402 g/mol. The molecule has 0 fully saturated rings. The number of carbonyl (C=O) groups is 1. The highest BCUT2D eigenvalue weighted by Gasteiger charge is 2.28. The molecule has 0 saturated heterocycles. The molecule has 2 N–H and O–H groups in total. The van der Waals surface area contributed by atoms with Gasteiger partial charge < -0.3 is 10.1 Å². The number of halogens is 3. The van der Waals surface area contributed by atoms with Crippen LogP contribution >= 0.6 is 0 Å². The van der Waals surface area contributed by atoms with Gasteiger partial charge in [-0.1, -0.05) is 17.7 Å². The van der Waals surface area contributed by atoms with Crippen molar-refractivity contribution < 1.29 is 31.1 Å². The Kier molecular flexibility index (Phi) is 5.99. The monoisotopic (exact) mass is 402 g/mol. The zero-order chi connectivity index (χ0) is 20.2. The second kappa shape index (κ2) is 7.87. The van der Waals surface area contributed by atoms with Gasteiger partial charge in [0.15, 0.2) is 0 Å². The number of nitrogens with one attached hydrogen (secondary N) is 2. The fraction of sp³-hybridized carbons (Fsp3) is 0.235. The third kappa shape index (κ3) is 5.61. The molecule has 0 spiro atoms. The smallest absolute Gasteiger partial charge is 0.405 e. The van der Waals surface area contributed by atoms with Crippen LogP contribution in [0.15, 0.2) is 47.4 Å². The van der Waals surface area contributed by atoms with Crippen LogP contribution in [-0.4, -0.2) is 34.2 Å². The molecule has 1 amide bonds. The average Bonchev–Trinajstić information content (AvgIpc) is 2.60. The maximum absolute atomic E-state index is 12.7. The Hall–Kier alpha value is -2.75. The lowest BCUT2D eigenvalue weighted by Gasteiger charge is -2.14. The van der Waals surface area contributed by atoms with Crippen molar-refractivity contribution in [2.75, 3.05) is 18.4 Å². The molecule has 0 aliphatic heterocycles. The molecule has 2 aromatic carbocycles. The van der Waals surface area contributed by atoms with Crippen molar-refractivity contribution in [3.05, 3.63) is 53.6 Å². The van der Waals surface area contributed by atoms with Crippen molar-refractivity contribution in [3.63, 3.8) is 0 Å². The van der Waals surface area contributed by atoms with Gasteiger partial charge in [-0.25, -0.2) is 8.42 Å². The third-order valence-corrected chi connectivity index (χ3v) is 4.87. The summed E-state index contributed by atoms with van der Waals surface area (Å²) in [6, 6.07) is 9.85. The van der Waals surface area contributed by atoms with Crippen molar-refractivity contribution in [2.45, 2.75) is 18.0 Å². The van der Waals surface area contributed by atoms with Crippen LogP contribution in [0.5, 0.6) is 5.75 Å². The number of alkyl halides is 3. The van der Waals surface area contributed by atoms with Gasteiger partial charge in [-0.05, 0) is 37.3 Å². The van der Waals surface area contributed by atoms with E-state index >= 15 is 0 Å². The molecular weight excluding hydrogens is 385 g/mol. The molecule has 0 unspecified atom stereocenters. The number of aryl methyl sites for hydroxylation is 1. The fourth-order valence-electron chi connectivity index (χ4n) is 2.14. The number of benzene rings is 2. The van der Waals surface area contributed by atoms with Crippen LogP contribution < -0.4 is 14.8 Å². The van der Waals surface area contributed by atoms with Crippen molar-refractivity contribution in [2.24, 2.45) is 0 Å². The lowest BCUT2D eigenvalue weighted by Crippen LogP contribution is -2.33. The Morgan fingerprint density at radius 2 is 1.74 bits per heavy atom. The Labute approximate surface area is 154 Å². The van der Waals surface area contributed by atoms with Crippen LogP contribution in [0.2, 0.25) is 0 Å². The number of carbonyl (C=O) groups excluding carboxylic acids is 1. The Bertz CT molecular complexity index is 926. The summed E-state index contributed by atoms with van der Waals surface area (Å²) in [5.41, 5.74) is 0.970. The normalized spacial score (nSPS) is 11.7. The predicted octanol–water partition coefficient (Wildman–Crippen LogP) is 3.10. The number of hydrogen-bond donors (Lipinski definition) is 2. The van der Waals surface area contributed by atoms with E-state index in [1.165, 1.54) is 19.2 Å². The maximum atomic E-state index is 12.7. The van der Waals surface area contributed by atoms with E-state index in [1.54, 1.807) is 29.6 Å². The fourth-order valence-corrected chi connectivity index (χ4v) is 3.40. The summed E-state index contributed by atoms with van der Waals surface area (Å²) in [6.07, 6.45) is -4.58. The van der Waals surface area contributed by atoms with E-state index in [4.69, 9.17) is 4.74 Å². The summed E-state index contributed by atoms with van der Waals surface area (Å²) in [5.74, 6) is -1.11. The first-order valence-electron chi connectivity index (χ1n) is 7.64. The van der Waals surface area contributed by atoms with Gasteiger partial charge in [-0.3, -0.25) is 9.52 Å². The Morgan fingerprint density at radius 3 is 2.30 bits per heavy atom. The molecule has 0 atom stereocenters. The topological polar surface area (TPSA) is 84.5 Å². The minimum atomic E-state index is -4.58. The number of amides is 1. The molecule has 146 valence electrons. The molecule has 27 heavy (non-hydrogen) atoms. The number of sulfonamides is 1. The first kappa shape index (κ1) is 20.6. The standard InChI is InChI=1S/C17H17F3N2O4S/c1-11-3-6-13(7-4-11)22-27(24,25)15-9-12(5-8-14(15)26-2)16(23)21-10-17(18,19)20/h3-9,22H,10H2,1-2H3,(H,21,23). The van der Waals surface area contributed by atoms with Gasteiger partial charge in [0.2, 0.25) is 0 Å². The Morgan fingerprint density at radius 1 is 1.11 bits per heavy atom. The molecule has 0 aliphatic rings. The maximum Gasteiger partial charge on any atom is 0.405 e. The van der Waals surface area contributed by atoms with E-state index in [1.807, 2.05) is 6.92 Å². The number of hydrogen-bond acceptors (Lipinski definition) is 4. The molecule has 10 heteroatoms. The van der Waals surface area contributed by atoms with E-state index in [2.05, 4.69) is 4.72 Å². The largest absolute Gasteiger partial charge is 0.495 e. The van der Waals surface area contributed by atoms with E-state index in [-0.39, 0.29) is 21.9 Å².